The van der Waals surface area contributed by atoms with Crippen LogP contribution < -0.4 is 21.7 Å². The van der Waals surface area contributed by atoms with Crippen molar-refractivity contribution in [2.45, 2.75) is 140 Å². The third kappa shape index (κ3) is 18.1. The second-order valence-electron chi connectivity index (χ2n) is 14.4. The van der Waals surface area contributed by atoms with Crippen LogP contribution in [-0.4, -0.2) is 89.5 Å². The largest absolute Gasteiger partial charge is 0.363 e. The van der Waals surface area contributed by atoms with Gasteiger partial charge in [0.25, 0.3) is 5.91 Å². The van der Waals surface area contributed by atoms with E-state index >= 15 is 0 Å². The van der Waals surface area contributed by atoms with Crippen molar-refractivity contribution in [1.82, 2.24) is 25.8 Å². The zero-order valence-electron chi connectivity index (χ0n) is 31.7. The van der Waals surface area contributed by atoms with Crippen LogP contribution in [0, 0.1) is 23.2 Å². The van der Waals surface area contributed by atoms with Gasteiger partial charge in [-0.15, -0.1) is 0 Å². The third-order valence-electron chi connectivity index (χ3n) is 7.30. The maximum atomic E-state index is 13.8. The Bertz CT molecular complexity index is 989. The first-order chi connectivity index (χ1) is 21.7. The number of carbonyl (C=O) groups excluding carboxylic acids is 6. The van der Waals surface area contributed by atoms with Crippen molar-refractivity contribution in [3.8, 4) is 0 Å². The number of likely N-dealkylation sites (tertiary alicyclic amines) is 1. The Morgan fingerprint density at radius 3 is 1.85 bits per heavy atom. The second-order valence-corrected chi connectivity index (χ2v) is 14.4. The number of amides is 6. The summed E-state index contributed by atoms with van der Waals surface area (Å²) >= 11 is 0. The fourth-order valence-corrected chi connectivity index (χ4v) is 5.06. The van der Waals surface area contributed by atoms with E-state index in [1.165, 1.54) is 11.3 Å². The topological polar surface area (TPSA) is 171 Å². The van der Waals surface area contributed by atoms with Crippen LogP contribution in [-0.2, 0) is 24.0 Å². The highest BCUT2D eigenvalue weighted by Gasteiger charge is 2.44. The van der Waals surface area contributed by atoms with Gasteiger partial charge in [-0.1, -0.05) is 95.4 Å². The van der Waals surface area contributed by atoms with Crippen LogP contribution in [0.15, 0.2) is 0 Å². The summed E-state index contributed by atoms with van der Waals surface area (Å²) in [5.41, 5.74) is 4.53. The highest BCUT2D eigenvalue weighted by molar-refractivity contribution is 6.37. The third-order valence-corrected chi connectivity index (χ3v) is 7.30. The molecule has 0 saturated carbocycles. The van der Waals surface area contributed by atoms with E-state index in [9.17, 15) is 28.8 Å². The molecule has 0 spiro atoms. The van der Waals surface area contributed by atoms with Gasteiger partial charge in [-0.2, -0.15) is 0 Å². The molecule has 12 nitrogen and oxygen atoms in total. The maximum absolute atomic E-state index is 13.8. The molecule has 0 aliphatic carbocycles. The molecule has 12 heteroatoms. The zero-order valence-corrected chi connectivity index (χ0v) is 31.7. The minimum Gasteiger partial charge on any atom is -0.363 e. The standard InChI is InChI=1S/C28H50N6O6.C4H10.C3H8/c1-9-12-17(4)13-19(22(36)24(29)37)31-25(38)20-14-18(5)16-34(20)26(39)23(28(6,7)8)32-27(40)30-15-21(35)33(10-2)11-3;1-4(2)3;1-3-2/h17-20,23H,9-16H2,1-8H3,(H2,29,37)(H,31,38)(H2,30,32,40);4H,1-3H3;3H2,1-2H3. The first-order valence-corrected chi connectivity index (χ1v) is 17.5. The first-order valence-electron chi connectivity index (χ1n) is 17.5. The van der Waals surface area contributed by atoms with Gasteiger partial charge in [0.15, 0.2) is 0 Å². The Hall–Kier alpha value is -3.18. The molecule has 0 aromatic heterocycles. The Morgan fingerprint density at radius 1 is 0.915 bits per heavy atom. The number of hydrogen-bond donors (Lipinski definition) is 4. The molecule has 0 radical (unpaired) electrons. The normalized spacial score (nSPS) is 17.5. The molecule has 1 aliphatic rings. The minimum atomic E-state index is -1.12. The number of nitrogens with one attached hydrogen (secondary N) is 3. The highest BCUT2D eigenvalue weighted by Crippen LogP contribution is 2.28. The van der Waals surface area contributed by atoms with Crippen molar-refractivity contribution in [2.24, 2.45) is 28.9 Å². The lowest BCUT2D eigenvalue weighted by atomic mass is 9.85. The summed E-state index contributed by atoms with van der Waals surface area (Å²) in [7, 11) is 0. The Balaban J connectivity index is 0. The van der Waals surface area contributed by atoms with Crippen molar-refractivity contribution >= 4 is 35.4 Å². The number of rotatable bonds is 14. The molecule has 6 amide bonds. The van der Waals surface area contributed by atoms with Crippen molar-refractivity contribution in [2.75, 3.05) is 26.2 Å². The van der Waals surface area contributed by atoms with Gasteiger partial charge in [-0.3, -0.25) is 24.0 Å². The number of likely N-dealkylation sites (N-methyl/N-ethyl adjacent to an activating group) is 1. The van der Waals surface area contributed by atoms with E-state index < -0.39 is 53.1 Å². The fraction of sp³-hybridized carbons (Fsp3) is 0.829. The second kappa shape index (κ2) is 23.2. The van der Waals surface area contributed by atoms with Crippen LogP contribution in [0.2, 0.25) is 0 Å². The summed E-state index contributed by atoms with van der Waals surface area (Å²) < 4.78 is 0. The number of ketones is 1. The predicted molar refractivity (Wildman–Crippen MR) is 188 cm³/mol. The summed E-state index contributed by atoms with van der Waals surface area (Å²) in [5.74, 6) is -2.32. The number of hydrogen-bond acceptors (Lipinski definition) is 6. The van der Waals surface area contributed by atoms with Crippen molar-refractivity contribution in [3.63, 3.8) is 0 Å². The Morgan fingerprint density at radius 2 is 1.43 bits per heavy atom. The molecule has 274 valence electrons. The number of primary amides is 1. The summed E-state index contributed by atoms with van der Waals surface area (Å²) in [5, 5.41) is 7.90. The summed E-state index contributed by atoms with van der Waals surface area (Å²) in [4.78, 5) is 79.4. The van der Waals surface area contributed by atoms with E-state index in [0.29, 0.717) is 19.5 Å². The number of urea groups is 1. The average Bonchev–Trinajstić information content (AvgIpc) is 3.35. The smallest absolute Gasteiger partial charge is 0.315 e. The molecule has 1 heterocycles. The fourth-order valence-electron chi connectivity index (χ4n) is 5.06. The molecule has 1 aliphatic heterocycles. The molecule has 0 aromatic rings. The van der Waals surface area contributed by atoms with Crippen LogP contribution in [0.25, 0.3) is 0 Å². The SMILES string of the molecule is CC(C)C.CCC.CCCC(C)CC(NC(=O)C1CC(C)CN1C(=O)C(NC(=O)NCC(=O)N(CC)CC)C(C)(C)C)C(=O)C(N)=O. The molecule has 5 N–H and O–H groups in total. The van der Waals surface area contributed by atoms with E-state index in [1.807, 2.05) is 34.6 Å². The van der Waals surface area contributed by atoms with E-state index in [-0.39, 0.29) is 37.3 Å². The molecular weight excluding hydrogens is 600 g/mol. The average molecular weight is 669 g/mol. The van der Waals surface area contributed by atoms with E-state index in [4.69, 9.17) is 5.73 Å². The van der Waals surface area contributed by atoms with Gasteiger partial charge in [-0.05, 0) is 49.9 Å². The molecule has 0 bridgehead atoms. The van der Waals surface area contributed by atoms with Gasteiger partial charge >= 0.3 is 6.03 Å². The lowest BCUT2D eigenvalue weighted by Crippen LogP contribution is -2.60. The van der Waals surface area contributed by atoms with Crippen LogP contribution in [0.4, 0.5) is 4.79 Å². The van der Waals surface area contributed by atoms with E-state index in [2.05, 4.69) is 50.6 Å². The molecule has 5 atom stereocenters. The number of Topliss-reactive ketones (excluding diaryl/α,β-unsaturated/α-hetero) is 1. The molecule has 1 rings (SSSR count). The quantitative estimate of drug-likeness (QED) is 0.202. The van der Waals surface area contributed by atoms with Crippen molar-refractivity contribution in [3.05, 3.63) is 0 Å². The minimum absolute atomic E-state index is 0.00913. The molecule has 1 saturated heterocycles. The van der Waals surface area contributed by atoms with Gasteiger partial charge in [0.05, 0.1) is 12.6 Å². The number of carbonyl (C=O) groups is 6. The van der Waals surface area contributed by atoms with Gasteiger partial charge in [0, 0.05) is 19.6 Å². The van der Waals surface area contributed by atoms with Crippen molar-refractivity contribution in [1.29, 1.82) is 0 Å². The number of nitrogens with zero attached hydrogens (tertiary/aromatic N) is 2. The van der Waals surface area contributed by atoms with Gasteiger partial charge in [0.2, 0.25) is 23.5 Å². The Kier molecular flexibility index (Phi) is 22.7. The Labute approximate surface area is 285 Å². The summed E-state index contributed by atoms with van der Waals surface area (Å²) in [6, 6.07) is -3.63. The lowest BCUT2D eigenvalue weighted by Gasteiger charge is -2.35. The predicted octanol–water partition coefficient (Wildman–Crippen LogP) is 4.25. The summed E-state index contributed by atoms with van der Waals surface area (Å²) in [6.07, 6.45) is 3.57. The summed E-state index contributed by atoms with van der Waals surface area (Å²) in [6.45, 7) is 26.8. The number of nitrogens with two attached hydrogens (primary N) is 1. The molecular formula is C35H68N6O6. The van der Waals surface area contributed by atoms with E-state index in [0.717, 1.165) is 18.8 Å². The molecule has 1 fully saturated rings. The molecule has 0 aromatic carbocycles. The monoisotopic (exact) mass is 669 g/mol. The van der Waals surface area contributed by atoms with Gasteiger partial charge < -0.3 is 31.5 Å². The zero-order chi connectivity index (χ0) is 37.1. The van der Waals surface area contributed by atoms with Crippen molar-refractivity contribution < 1.29 is 28.8 Å². The molecule has 47 heavy (non-hydrogen) atoms. The van der Waals surface area contributed by atoms with Crippen LogP contribution >= 0.6 is 0 Å². The van der Waals surface area contributed by atoms with Crippen LogP contribution in [0.5, 0.6) is 0 Å². The van der Waals surface area contributed by atoms with Crippen LogP contribution in [0.1, 0.15) is 122 Å². The first kappa shape index (κ1) is 45.9. The van der Waals surface area contributed by atoms with Crippen LogP contribution in [0.3, 0.4) is 0 Å². The van der Waals surface area contributed by atoms with E-state index in [1.54, 1.807) is 25.7 Å². The molecule has 5 unspecified atom stereocenters. The lowest BCUT2D eigenvalue weighted by molar-refractivity contribution is -0.143. The van der Waals surface area contributed by atoms with Gasteiger partial charge in [-0.25, -0.2) is 4.79 Å². The van der Waals surface area contributed by atoms with Gasteiger partial charge in [0.1, 0.15) is 12.1 Å². The highest BCUT2D eigenvalue weighted by atomic mass is 16.2. The maximum Gasteiger partial charge on any atom is 0.315 e.